The van der Waals surface area contributed by atoms with E-state index in [9.17, 15) is 9.90 Å². The molecule has 6 nitrogen and oxygen atoms in total. The van der Waals surface area contributed by atoms with E-state index in [1.54, 1.807) is 6.07 Å². The minimum Gasteiger partial charge on any atom is -0.505 e. The summed E-state index contributed by atoms with van der Waals surface area (Å²) in [5.74, 6) is -0.544. The van der Waals surface area contributed by atoms with Gasteiger partial charge in [-0.3, -0.25) is 4.79 Å². The number of aromatic nitrogens is 1. The molecule has 1 saturated heterocycles. The number of pyridine rings is 1. The van der Waals surface area contributed by atoms with Gasteiger partial charge in [0.2, 0.25) is 0 Å². The third-order valence-electron chi connectivity index (χ3n) is 3.93. The highest BCUT2D eigenvalue weighted by molar-refractivity contribution is 5.94. The monoisotopic (exact) mass is 328 g/mol. The van der Waals surface area contributed by atoms with E-state index in [0.717, 1.165) is 5.56 Å². The standard InChI is InChI=1S/C18H20N2O4/c21-15-7-4-9-19-17(15)18(22)20-14-8-10-23-12-16(14)24-11-13-5-2-1-3-6-13/h1-7,9,14,16,21H,8,10-12H2,(H,20,22)/t14-,16-/m1/s1. The third-order valence-corrected chi connectivity index (χ3v) is 3.93. The van der Waals surface area contributed by atoms with Crippen LogP contribution in [0.15, 0.2) is 48.7 Å². The number of benzene rings is 1. The van der Waals surface area contributed by atoms with Gasteiger partial charge in [0.05, 0.1) is 19.3 Å². The van der Waals surface area contributed by atoms with E-state index < -0.39 is 5.91 Å². The summed E-state index contributed by atoms with van der Waals surface area (Å²) in [6.07, 6.45) is 1.88. The van der Waals surface area contributed by atoms with Gasteiger partial charge in [0.15, 0.2) is 5.69 Å². The zero-order valence-corrected chi connectivity index (χ0v) is 13.2. The SMILES string of the molecule is O=C(N[C@@H]1CCOC[C@H]1OCc1ccccc1)c1ncccc1O. The van der Waals surface area contributed by atoms with E-state index in [4.69, 9.17) is 9.47 Å². The van der Waals surface area contributed by atoms with Gasteiger partial charge in [0, 0.05) is 12.8 Å². The second-order valence-electron chi connectivity index (χ2n) is 5.65. The van der Waals surface area contributed by atoms with Crippen molar-refractivity contribution in [2.24, 2.45) is 0 Å². The lowest BCUT2D eigenvalue weighted by molar-refractivity contribution is -0.0736. The first-order valence-electron chi connectivity index (χ1n) is 7.92. The van der Waals surface area contributed by atoms with Crippen molar-refractivity contribution in [1.82, 2.24) is 10.3 Å². The lowest BCUT2D eigenvalue weighted by Crippen LogP contribution is -2.50. The molecule has 6 heteroatoms. The van der Waals surface area contributed by atoms with Crippen LogP contribution in [0.25, 0.3) is 0 Å². The van der Waals surface area contributed by atoms with Crippen LogP contribution in [0.2, 0.25) is 0 Å². The van der Waals surface area contributed by atoms with Crippen molar-refractivity contribution in [1.29, 1.82) is 0 Å². The van der Waals surface area contributed by atoms with Crippen LogP contribution in [-0.4, -0.2) is 41.4 Å². The Kier molecular flexibility index (Phi) is 5.40. The molecule has 1 aromatic carbocycles. The summed E-state index contributed by atoms with van der Waals surface area (Å²) in [4.78, 5) is 16.3. The molecule has 24 heavy (non-hydrogen) atoms. The van der Waals surface area contributed by atoms with Crippen LogP contribution in [0, 0.1) is 0 Å². The minimum atomic E-state index is -0.409. The van der Waals surface area contributed by atoms with Crippen LogP contribution in [0.4, 0.5) is 0 Å². The maximum Gasteiger partial charge on any atom is 0.274 e. The molecule has 0 bridgehead atoms. The van der Waals surface area contributed by atoms with E-state index >= 15 is 0 Å². The molecule has 1 fully saturated rings. The maximum absolute atomic E-state index is 12.3. The van der Waals surface area contributed by atoms with E-state index in [1.165, 1.54) is 12.3 Å². The number of hydrogen-bond acceptors (Lipinski definition) is 5. The van der Waals surface area contributed by atoms with E-state index in [1.807, 2.05) is 30.3 Å². The molecule has 0 radical (unpaired) electrons. The van der Waals surface area contributed by atoms with Gasteiger partial charge >= 0.3 is 0 Å². The van der Waals surface area contributed by atoms with Gasteiger partial charge in [-0.05, 0) is 24.1 Å². The number of rotatable bonds is 5. The first-order valence-corrected chi connectivity index (χ1v) is 7.92. The fourth-order valence-corrected chi connectivity index (χ4v) is 2.63. The van der Waals surface area contributed by atoms with Crippen molar-refractivity contribution in [2.45, 2.75) is 25.2 Å². The highest BCUT2D eigenvalue weighted by atomic mass is 16.5. The van der Waals surface area contributed by atoms with Crippen molar-refractivity contribution in [3.8, 4) is 5.75 Å². The predicted octanol–water partition coefficient (Wildman–Crippen LogP) is 1.89. The van der Waals surface area contributed by atoms with Crippen LogP contribution >= 0.6 is 0 Å². The third kappa shape index (κ3) is 4.10. The summed E-state index contributed by atoms with van der Waals surface area (Å²) in [6, 6.07) is 12.7. The fraction of sp³-hybridized carbons (Fsp3) is 0.333. The summed E-state index contributed by atoms with van der Waals surface area (Å²) < 4.78 is 11.4. The van der Waals surface area contributed by atoms with Gasteiger partial charge in [0.1, 0.15) is 11.9 Å². The van der Waals surface area contributed by atoms with Crippen LogP contribution in [-0.2, 0) is 16.1 Å². The second kappa shape index (κ2) is 7.90. The van der Waals surface area contributed by atoms with Crippen molar-refractivity contribution < 1.29 is 19.4 Å². The molecule has 1 aliphatic heterocycles. The topological polar surface area (TPSA) is 80.7 Å². The number of nitrogens with zero attached hydrogens (tertiary/aromatic N) is 1. The smallest absolute Gasteiger partial charge is 0.274 e. The molecule has 0 aliphatic carbocycles. The molecular weight excluding hydrogens is 308 g/mol. The molecule has 0 unspecified atom stereocenters. The first kappa shape index (κ1) is 16.4. The van der Waals surface area contributed by atoms with Gasteiger partial charge in [-0.15, -0.1) is 0 Å². The zero-order chi connectivity index (χ0) is 16.8. The Morgan fingerprint density at radius 2 is 2.12 bits per heavy atom. The Morgan fingerprint density at radius 3 is 2.92 bits per heavy atom. The average molecular weight is 328 g/mol. The molecule has 2 N–H and O–H groups in total. The number of aromatic hydroxyl groups is 1. The Bertz CT molecular complexity index is 678. The molecule has 2 aromatic rings. The Morgan fingerprint density at radius 1 is 1.29 bits per heavy atom. The number of amides is 1. The molecule has 1 amide bonds. The zero-order valence-electron chi connectivity index (χ0n) is 13.2. The van der Waals surface area contributed by atoms with Crippen molar-refractivity contribution >= 4 is 5.91 Å². The summed E-state index contributed by atoms with van der Waals surface area (Å²) >= 11 is 0. The number of nitrogens with one attached hydrogen (secondary N) is 1. The molecule has 2 heterocycles. The van der Waals surface area contributed by atoms with Crippen molar-refractivity contribution in [3.63, 3.8) is 0 Å². The normalized spacial score (nSPS) is 20.5. The molecule has 1 aliphatic rings. The predicted molar refractivity (Wildman–Crippen MR) is 87.6 cm³/mol. The van der Waals surface area contributed by atoms with E-state index in [2.05, 4.69) is 10.3 Å². The fourth-order valence-electron chi connectivity index (χ4n) is 2.63. The molecule has 126 valence electrons. The first-order chi connectivity index (χ1) is 11.7. The number of hydrogen-bond donors (Lipinski definition) is 2. The van der Waals surface area contributed by atoms with E-state index in [0.29, 0.717) is 26.2 Å². The maximum atomic E-state index is 12.3. The molecular formula is C18H20N2O4. The van der Waals surface area contributed by atoms with Crippen LogP contribution in [0.3, 0.4) is 0 Å². The van der Waals surface area contributed by atoms with Gasteiger partial charge in [-0.2, -0.15) is 0 Å². The minimum absolute atomic E-state index is 0.0193. The molecule has 3 rings (SSSR count). The lowest BCUT2D eigenvalue weighted by Gasteiger charge is -2.32. The van der Waals surface area contributed by atoms with Crippen LogP contribution < -0.4 is 5.32 Å². The number of carbonyl (C=O) groups excluding carboxylic acids is 1. The van der Waals surface area contributed by atoms with Crippen molar-refractivity contribution in [2.75, 3.05) is 13.2 Å². The largest absolute Gasteiger partial charge is 0.505 e. The molecule has 1 aromatic heterocycles. The highest BCUT2D eigenvalue weighted by Gasteiger charge is 2.29. The summed E-state index contributed by atoms with van der Waals surface area (Å²) in [5, 5.41) is 12.6. The van der Waals surface area contributed by atoms with Crippen LogP contribution in [0.1, 0.15) is 22.5 Å². The Hall–Kier alpha value is -2.44. The molecule has 0 spiro atoms. The Balaban J connectivity index is 1.62. The average Bonchev–Trinajstić information content (AvgIpc) is 2.62. The summed E-state index contributed by atoms with van der Waals surface area (Å²) in [6.45, 7) is 1.44. The van der Waals surface area contributed by atoms with E-state index in [-0.39, 0.29) is 23.6 Å². The summed E-state index contributed by atoms with van der Waals surface area (Å²) in [5.41, 5.74) is 1.08. The van der Waals surface area contributed by atoms with Gasteiger partial charge < -0.3 is 19.9 Å². The lowest BCUT2D eigenvalue weighted by atomic mass is 10.1. The quantitative estimate of drug-likeness (QED) is 0.876. The number of carbonyl (C=O) groups is 1. The summed E-state index contributed by atoms with van der Waals surface area (Å²) in [7, 11) is 0. The second-order valence-corrected chi connectivity index (χ2v) is 5.65. The number of ether oxygens (including phenoxy) is 2. The van der Waals surface area contributed by atoms with Gasteiger partial charge in [-0.25, -0.2) is 4.98 Å². The molecule has 0 saturated carbocycles. The van der Waals surface area contributed by atoms with Crippen molar-refractivity contribution in [3.05, 3.63) is 59.9 Å². The van der Waals surface area contributed by atoms with Gasteiger partial charge in [-0.1, -0.05) is 30.3 Å². The molecule has 2 atom stereocenters. The Labute approximate surface area is 140 Å². The highest BCUT2D eigenvalue weighted by Crippen LogP contribution is 2.17. The van der Waals surface area contributed by atoms with Crippen LogP contribution in [0.5, 0.6) is 5.75 Å². The van der Waals surface area contributed by atoms with Gasteiger partial charge in [0.25, 0.3) is 5.91 Å².